The summed E-state index contributed by atoms with van der Waals surface area (Å²) in [5.74, 6) is 0.571. The highest BCUT2D eigenvalue weighted by atomic mass is 16.5. The average Bonchev–Trinajstić information content (AvgIpc) is 2.98. The van der Waals surface area contributed by atoms with Crippen LogP contribution in [0, 0.1) is 0 Å². The van der Waals surface area contributed by atoms with Crippen molar-refractivity contribution in [2.75, 3.05) is 39.9 Å². The molecule has 0 unspecified atom stereocenters. The van der Waals surface area contributed by atoms with Gasteiger partial charge >= 0.3 is 0 Å². The lowest BCUT2D eigenvalue weighted by Crippen LogP contribution is -2.35. The van der Waals surface area contributed by atoms with E-state index in [0.29, 0.717) is 24.4 Å². The molecule has 2 aromatic rings. The zero-order valence-corrected chi connectivity index (χ0v) is 16.7. The van der Waals surface area contributed by atoms with E-state index in [1.807, 2.05) is 17.0 Å². The Morgan fingerprint density at radius 3 is 2.48 bits per heavy atom. The number of para-hydroxylation sites is 1. The van der Waals surface area contributed by atoms with Gasteiger partial charge in [0.15, 0.2) is 6.61 Å². The van der Waals surface area contributed by atoms with Gasteiger partial charge in [0.2, 0.25) is 0 Å². The van der Waals surface area contributed by atoms with Crippen LogP contribution in [0.3, 0.4) is 0 Å². The summed E-state index contributed by atoms with van der Waals surface area (Å²) in [5.41, 5.74) is 6.83. The molecule has 2 N–H and O–H groups in total. The van der Waals surface area contributed by atoms with Crippen molar-refractivity contribution in [3.05, 3.63) is 59.7 Å². The summed E-state index contributed by atoms with van der Waals surface area (Å²) in [7, 11) is 1.66. The molecule has 2 amide bonds. The number of hydrogen-bond acceptors (Lipinski definition) is 5. The molecule has 7 nitrogen and oxygen atoms in total. The van der Waals surface area contributed by atoms with Crippen LogP contribution in [0.5, 0.6) is 11.5 Å². The van der Waals surface area contributed by atoms with E-state index >= 15 is 0 Å². The van der Waals surface area contributed by atoms with Gasteiger partial charge in [-0.15, -0.1) is 0 Å². The molecule has 1 heterocycles. The fraction of sp³-hybridized carbons (Fsp3) is 0.364. The zero-order chi connectivity index (χ0) is 20.6. The van der Waals surface area contributed by atoms with Gasteiger partial charge in [0.1, 0.15) is 11.5 Å². The highest BCUT2D eigenvalue weighted by molar-refractivity contribution is 5.97. The molecule has 2 aromatic carbocycles. The van der Waals surface area contributed by atoms with Crippen molar-refractivity contribution in [3.63, 3.8) is 0 Å². The minimum absolute atomic E-state index is 0.0867. The Morgan fingerprint density at radius 1 is 1.00 bits per heavy atom. The molecule has 1 aliphatic heterocycles. The second-order valence-electron chi connectivity index (χ2n) is 7.02. The summed E-state index contributed by atoms with van der Waals surface area (Å²) in [6.07, 6.45) is 0.895. The fourth-order valence-electron chi connectivity index (χ4n) is 3.41. The number of carbonyl (C=O) groups is 2. The topological polar surface area (TPSA) is 85.1 Å². The van der Waals surface area contributed by atoms with E-state index in [9.17, 15) is 9.59 Å². The van der Waals surface area contributed by atoms with Crippen molar-refractivity contribution in [2.45, 2.75) is 13.0 Å². The molecule has 0 bridgehead atoms. The monoisotopic (exact) mass is 397 g/mol. The van der Waals surface area contributed by atoms with Gasteiger partial charge in [0.05, 0.1) is 12.7 Å². The van der Waals surface area contributed by atoms with E-state index < -0.39 is 5.91 Å². The average molecular weight is 397 g/mol. The Morgan fingerprint density at radius 2 is 1.76 bits per heavy atom. The first-order valence-corrected chi connectivity index (χ1v) is 9.71. The Labute approximate surface area is 171 Å². The smallest absolute Gasteiger partial charge is 0.257 e. The number of nitrogens with zero attached hydrogens (tertiary/aromatic N) is 2. The van der Waals surface area contributed by atoms with Crippen molar-refractivity contribution in [2.24, 2.45) is 5.73 Å². The normalized spacial score (nSPS) is 14.9. The Kier molecular flexibility index (Phi) is 7.08. The van der Waals surface area contributed by atoms with Crippen LogP contribution in [0.2, 0.25) is 0 Å². The van der Waals surface area contributed by atoms with Crippen LogP contribution in [0.15, 0.2) is 48.5 Å². The summed E-state index contributed by atoms with van der Waals surface area (Å²) in [4.78, 5) is 28.3. The lowest BCUT2D eigenvalue weighted by atomic mass is 10.1. The first-order chi connectivity index (χ1) is 14.1. The molecule has 1 saturated heterocycles. The van der Waals surface area contributed by atoms with E-state index in [1.165, 1.54) is 5.56 Å². The van der Waals surface area contributed by atoms with E-state index in [0.717, 1.165) is 31.8 Å². The molecule has 1 aliphatic rings. The summed E-state index contributed by atoms with van der Waals surface area (Å²) in [6.45, 7) is 3.63. The maximum Gasteiger partial charge on any atom is 0.257 e. The molecule has 0 atom stereocenters. The first kappa shape index (κ1) is 20.7. The van der Waals surface area contributed by atoms with Gasteiger partial charge in [-0.1, -0.05) is 24.3 Å². The molecule has 0 aromatic heterocycles. The molecular weight excluding hydrogens is 370 g/mol. The van der Waals surface area contributed by atoms with E-state index in [-0.39, 0.29) is 12.5 Å². The van der Waals surface area contributed by atoms with Crippen molar-refractivity contribution in [3.8, 4) is 11.5 Å². The SMILES string of the molecule is COc1ccc(CN2CCCN(C(=O)c3ccccc3OCC(N)=O)CC2)cc1. The molecule has 29 heavy (non-hydrogen) atoms. The molecule has 0 saturated carbocycles. The Hall–Kier alpha value is -3.06. The van der Waals surface area contributed by atoms with E-state index in [2.05, 4.69) is 17.0 Å². The van der Waals surface area contributed by atoms with Crippen LogP contribution in [0.25, 0.3) is 0 Å². The molecule has 0 spiro atoms. The fourth-order valence-corrected chi connectivity index (χ4v) is 3.41. The third kappa shape index (κ3) is 5.71. The van der Waals surface area contributed by atoms with Crippen LogP contribution >= 0.6 is 0 Å². The van der Waals surface area contributed by atoms with E-state index in [4.69, 9.17) is 15.2 Å². The summed E-state index contributed by atoms with van der Waals surface area (Å²) in [6, 6.07) is 15.0. The number of carbonyl (C=O) groups excluding carboxylic acids is 2. The quantitative estimate of drug-likeness (QED) is 0.771. The maximum atomic E-state index is 13.1. The van der Waals surface area contributed by atoms with Crippen molar-refractivity contribution >= 4 is 11.8 Å². The second-order valence-corrected chi connectivity index (χ2v) is 7.02. The molecule has 0 radical (unpaired) electrons. The highest BCUT2D eigenvalue weighted by Crippen LogP contribution is 2.21. The molecule has 1 fully saturated rings. The molecule has 7 heteroatoms. The number of methoxy groups -OCH3 is 1. The number of nitrogens with two attached hydrogens (primary N) is 1. The maximum absolute atomic E-state index is 13.1. The van der Waals surface area contributed by atoms with Gasteiger partial charge in [-0.3, -0.25) is 14.5 Å². The van der Waals surface area contributed by atoms with Crippen molar-refractivity contribution in [1.82, 2.24) is 9.80 Å². The number of ether oxygens (including phenoxy) is 2. The van der Waals surface area contributed by atoms with Gasteiger partial charge in [-0.2, -0.15) is 0 Å². The molecule has 0 aliphatic carbocycles. The number of amides is 2. The second kappa shape index (κ2) is 9.93. The van der Waals surface area contributed by atoms with Gasteiger partial charge in [-0.25, -0.2) is 0 Å². The number of rotatable bonds is 7. The van der Waals surface area contributed by atoms with Gasteiger partial charge in [0, 0.05) is 32.7 Å². The van der Waals surface area contributed by atoms with Gasteiger partial charge < -0.3 is 20.1 Å². The van der Waals surface area contributed by atoms with Crippen LogP contribution in [-0.2, 0) is 11.3 Å². The lowest BCUT2D eigenvalue weighted by Gasteiger charge is -2.23. The predicted octanol–water partition coefficient (Wildman–Crippen LogP) is 1.91. The van der Waals surface area contributed by atoms with E-state index in [1.54, 1.807) is 31.4 Å². The highest BCUT2D eigenvalue weighted by Gasteiger charge is 2.23. The molecule has 3 rings (SSSR count). The molecular formula is C22H27N3O4. The van der Waals surface area contributed by atoms with Crippen molar-refractivity contribution in [1.29, 1.82) is 0 Å². The van der Waals surface area contributed by atoms with Crippen molar-refractivity contribution < 1.29 is 19.1 Å². The number of hydrogen-bond donors (Lipinski definition) is 1. The Balaban J connectivity index is 1.61. The number of benzene rings is 2. The summed E-state index contributed by atoms with van der Waals surface area (Å²) in [5, 5.41) is 0. The van der Waals surface area contributed by atoms with Gasteiger partial charge in [-0.05, 0) is 36.2 Å². The largest absolute Gasteiger partial charge is 0.497 e. The summed E-state index contributed by atoms with van der Waals surface area (Å²) < 4.78 is 10.6. The van der Waals surface area contributed by atoms with Crippen LogP contribution in [0.4, 0.5) is 0 Å². The standard InChI is InChI=1S/C22H27N3O4/c1-28-18-9-7-17(8-10-18)15-24-11-4-12-25(14-13-24)22(27)19-5-2-3-6-20(19)29-16-21(23)26/h2-3,5-10H,4,11-16H2,1H3,(H2,23,26). The third-order valence-corrected chi connectivity index (χ3v) is 4.93. The van der Waals surface area contributed by atoms with Gasteiger partial charge in [0.25, 0.3) is 11.8 Å². The lowest BCUT2D eigenvalue weighted by molar-refractivity contribution is -0.119. The van der Waals surface area contributed by atoms with Crippen LogP contribution in [-0.4, -0.2) is 61.5 Å². The number of primary amides is 1. The Bertz CT molecular complexity index is 838. The van der Waals surface area contributed by atoms with Crippen LogP contribution < -0.4 is 15.2 Å². The first-order valence-electron chi connectivity index (χ1n) is 9.71. The summed E-state index contributed by atoms with van der Waals surface area (Å²) >= 11 is 0. The minimum Gasteiger partial charge on any atom is -0.497 e. The molecule has 154 valence electrons. The third-order valence-electron chi connectivity index (χ3n) is 4.93. The van der Waals surface area contributed by atoms with Crippen LogP contribution in [0.1, 0.15) is 22.3 Å². The predicted molar refractivity (Wildman–Crippen MR) is 110 cm³/mol. The zero-order valence-electron chi connectivity index (χ0n) is 16.7. The minimum atomic E-state index is -0.573.